The molecule has 3 heterocycles. The maximum Gasteiger partial charge on any atom is 0.243 e. The molecule has 12 heteroatoms. The molecule has 1 fully saturated rings. The molecule has 0 unspecified atom stereocenters. The molecule has 1 aliphatic rings. The number of aromatic nitrogens is 4. The van der Waals surface area contributed by atoms with Crippen molar-refractivity contribution in [1.29, 1.82) is 0 Å². The molecule has 0 N–H and O–H groups in total. The number of rotatable bonds is 6. The summed E-state index contributed by atoms with van der Waals surface area (Å²) in [6.07, 6.45) is 1.71. The zero-order valence-corrected chi connectivity index (χ0v) is 21.1. The summed E-state index contributed by atoms with van der Waals surface area (Å²) in [5.74, 6) is 1.18. The second-order valence-electron chi connectivity index (χ2n) is 7.99. The van der Waals surface area contributed by atoms with Crippen LogP contribution in [-0.2, 0) is 21.4 Å². The third-order valence-corrected chi connectivity index (χ3v) is 8.28. The van der Waals surface area contributed by atoms with Crippen molar-refractivity contribution in [2.24, 2.45) is 0 Å². The van der Waals surface area contributed by atoms with Crippen LogP contribution in [0.4, 0.5) is 5.82 Å². The van der Waals surface area contributed by atoms with Gasteiger partial charge < -0.3 is 9.64 Å². The van der Waals surface area contributed by atoms with Gasteiger partial charge in [0.25, 0.3) is 0 Å². The molecule has 0 saturated carbocycles. The van der Waals surface area contributed by atoms with Gasteiger partial charge in [-0.05, 0) is 36.4 Å². The monoisotopic (exact) mass is 532 g/mol. The van der Waals surface area contributed by atoms with E-state index >= 15 is 0 Å². The summed E-state index contributed by atoms with van der Waals surface area (Å²) in [5, 5.41) is 6.32. The van der Waals surface area contributed by atoms with E-state index in [9.17, 15) is 8.42 Å². The number of methoxy groups -OCH3 is 1. The average Bonchev–Trinajstić information content (AvgIpc) is 3.28. The van der Waals surface area contributed by atoms with Crippen molar-refractivity contribution in [3.63, 3.8) is 0 Å². The Balaban J connectivity index is 1.46. The van der Waals surface area contributed by atoms with Crippen LogP contribution in [0.3, 0.4) is 0 Å². The van der Waals surface area contributed by atoms with E-state index in [0.29, 0.717) is 59.2 Å². The number of fused-ring (bicyclic) bond motifs is 1. The van der Waals surface area contributed by atoms with Crippen molar-refractivity contribution in [2.75, 3.05) is 38.2 Å². The number of piperazine rings is 1. The van der Waals surface area contributed by atoms with E-state index in [0.717, 1.165) is 5.39 Å². The Morgan fingerprint density at radius 3 is 2.37 bits per heavy atom. The topological polar surface area (TPSA) is 93.5 Å². The fourth-order valence-corrected chi connectivity index (χ4v) is 5.83. The summed E-state index contributed by atoms with van der Waals surface area (Å²) >= 11 is 12.3. The Bertz CT molecular complexity index is 1470. The molecule has 0 aliphatic carbocycles. The second-order valence-corrected chi connectivity index (χ2v) is 10.8. The number of anilines is 1. The Morgan fingerprint density at radius 1 is 0.971 bits per heavy atom. The fraction of sp³-hybridized carbons (Fsp3) is 0.261. The third kappa shape index (κ3) is 4.60. The van der Waals surface area contributed by atoms with Crippen LogP contribution in [0, 0.1) is 0 Å². The first-order chi connectivity index (χ1) is 16.9. The van der Waals surface area contributed by atoms with Gasteiger partial charge in [0.15, 0.2) is 11.5 Å². The number of halogens is 2. The van der Waals surface area contributed by atoms with Crippen molar-refractivity contribution >= 4 is 50.1 Å². The van der Waals surface area contributed by atoms with Crippen molar-refractivity contribution in [3.8, 4) is 5.69 Å². The van der Waals surface area contributed by atoms with Gasteiger partial charge in [-0.25, -0.2) is 23.1 Å². The number of para-hydroxylation sites is 1. The number of benzene rings is 2. The van der Waals surface area contributed by atoms with Crippen LogP contribution in [0.25, 0.3) is 16.7 Å². The standard InChI is InChI=1S/C23H22Cl2N6O3S/c1-34-15-21-27-22(18-14-26-31(23(18)28-21)20-5-3-2-4-19(20)25)29-10-12-30(13-11-29)35(32,33)17-8-6-16(24)7-9-17/h2-9,14H,10-13,15H2,1H3. The lowest BCUT2D eigenvalue weighted by molar-refractivity contribution is 0.178. The first-order valence-electron chi connectivity index (χ1n) is 10.9. The molecule has 0 radical (unpaired) electrons. The molecule has 0 atom stereocenters. The molecule has 4 aromatic rings. The van der Waals surface area contributed by atoms with Crippen molar-refractivity contribution in [3.05, 3.63) is 70.6 Å². The van der Waals surface area contributed by atoms with E-state index in [1.165, 1.54) is 16.4 Å². The molecular formula is C23H22Cl2N6O3S. The van der Waals surface area contributed by atoms with Crippen molar-refractivity contribution in [2.45, 2.75) is 11.5 Å². The Hall–Kier alpha value is -2.76. The molecule has 0 bridgehead atoms. The highest BCUT2D eigenvalue weighted by atomic mass is 35.5. The van der Waals surface area contributed by atoms with E-state index < -0.39 is 10.0 Å². The van der Waals surface area contributed by atoms with Gasteiger partial charge in [-0.3, -0.25) is 0 Å². The van der Waals surface area contributed by atoms with E-state index in [4.69, 9.17) is 32.9 Å². The number of sulfonamides is 1. The predicted octanol–water partition coefficient (Wildman–Crippen LogP) is 3.78. The van der Waals surface area contributed by atoms with Crippen LogP contribution in [0.5, 0.6) is 0 Å². The van der Waals surface area contributed by atoms with Crippen LogP contribution < -0.4 is 4.90 Å². The van der Waals surface area contributed by atoms with Crippen molar-refractivity contribution in [1.82, 2.24) is 24.1 Å². The highest BCUT2D eigenvalue weighted by Gasteiger charge is 2.30. The van der Waals surface area contributed by atoms with E-state index in [1.54, 1.807) is 36.2 Å². The first kappa shape index (κ1) is 24.0. The predicted molar refractivity (Wildman–Crippen MR) is 135 cm³/mol. The minimum absolute atomic E-state index is 0.224. The number of ether oxygens (including phenoxy) is 1. The molecule has 0 amide bonds. The second kappa shape index (κ2) is 9.71. The Kier molecular flexibility index (Phi) is 6.65. The minimum Gasteiger partial charge on any atom is -0.377 e. The zero-order chi connectivity index (χ0) is 24.6. The highest BCUT2D eigenvalue weighted by molar-refractivity contribution is 7.89. The van der Waals surface area contributed by atoms with Crippen LogP contribution in [0.2, 0.25) is 10.0 Å². The molecule has 5 rings (SSSR count). The van der Waals surface area contributed by atoms with Crippen LogP contribution in [0.15, 0.2) is 59.6 Å². The van der Waals surface area contributed by atoms with E-state index in [2.05, 4.69) is 15.0 Å². The maximum absolute atomic E-state index is 13.1. The smallest absolute Gasteiger partial charge is 0.243 e. The van der Waals surface area contributed by atoms with Gasteiger partial charge in [0, 0.05) is 38.3 Å². The quantitative estimate of drug-likeness (QED) is 0.373. The summed E-state index contributed by atoms with van der Waals surface area (Å²) in [4.78, 5) is 11.7. The molecule has 2 aromatic carbocycles. The highest BCUT2D eigenvalue weighted by Crippen LogP contribution is 2.30. The van der Waals surface area contributed by atoms with Gasteiger partial charge in [0.05, 0.1) is 27.2 Å². The van der Waals surface area contributed by atoms with Gasteiger partial charge in [0.1, 0.15) is 12.4 Å². The lowest BCUT2D eigenvalue weighted by Crippen LogP contribution is -2.49. The molecule has 2 aromatic heterocycles. The Labute approximate surface area is 212 Å². The average molecular weight is 533 g/mol. The Morgan fingerprint density at radius 2 is 1.69 bits per heavy atom. The number of hydrogen-bond donors (Lipinski definition) is 0. The molecule has 1 aliphatic heterocycles. The summed E-state index contributed by atoms with van der Waals surface area (Å²) in [7, 11) is -2.03. The van der Waals surface area contributed by atoms with Crippen LogP contribution >= 0.6 is 23.2 Å². The molecule has 9 nitrogen and oxygen atoms in total. The lowest BCUT2D eigenvalue weighted by atomic mass is 10.3. The first-order valence-corrected chi connectivity index (χ1v) is 13.1. The van der Waals surface area contributed by atoms with Crippen molar-refractivity contribution < 1.29 is 13.2 Å². The van der Waals surface area contributed by atoms with Gasteiger partial charge in [-0.15, -0.1) is 0 Å². The van der Waals surface area contributed by atoms with Gasteiger partial charge >= 0.3 is 0 Å². The molecule has 0 spiro atoms. The molecule has 182 valence electrons. The van der Waals surface area contributed by atoms with E-state index in [1.807, 2.05) is 18.2 Å². The van der Waals surface area contributed by atoms with Gasteiger partial charge in [-0.1, -0.05) is 35.3 Å². The van der Waals surface area contributed by atoms with Crippen LogP contribution in [-0.4, -0.2) is 65.8 Å². The molecular weight excluding hydrogens is 511 g/mol. The fourth-order valence-electron chi connectivity index (χ4n) is 4.07. The molecule has 1 saturated heterocycles. The maximum atomic E-state index is 13.1. The summed E-state index contributed by atoms with van der Waals surface area (Å²) in [5.41, 5.74) is 1.31. The summed E-state index contributed by atoms with van der Waals surface area (Å²) < 4.78 is 34.6. The normalized spacial score (nSPS) is 15.1. The number of nitrogens with zero attached hydrogens (tertiary/aromatic N) is 6. The summed E-state index contributed by atoms with van der Waals surface area (Å²) in [6, 6.07) is 13.6. The van der Waals surface area contributed by atoms with E-state index in [-0.39, 0.29) is 11.5 Å². The third-order valence-electron chi connectivity index (χ3n) is 5.80. The van der Waals surface area contributed by atoms with Crippen LogP contribution in [0.1, 0.15) is 5.82 Å². The number of hydrogen-bond acceptors (Lipinski definition) is 7. The molecule has 35 heavy (non-hydrogen) atoms. The minimum atomic E-state index is -3.62. The lowest BCUT2D eigenvalue weighted by Gasteiger charge is -2.35. The summed E-state index contributed by atoms with van der Waals surface area (Å²) in [6.45, 7) is 1.77. The van der Waals surface area contributed by atoms with Gasteiger partial charge in [0.2, 0.25) is 10.0 Å². The van der Waals surface area contributed by atoms with Gasteiger partial charge in [-0.2, -0.15) is 9.40 Å². The SMILES string of the molecule is COCc1nc(N2CCN(S(=O)(=O)c3ccc(Cl)cc3)CC2)c2cnn(-c3ccccc3Cl)c2n1. The largest absolute Gasteiger partial charge is 0.377 e. The zero-order valence-electron chi connectivity index (χ0n) is 18.8.